The first-order valence-corrected chi connectivity index (χ1v) is 9.04. The molecular weight excluding hydrogens is 358 g/mol. The van der Waals surface area contributed by atoms with Gasteiger partial charge in [-0.3, -0.25) is 5.43 Å². The number of thiophene rings is 1. The minimum absolute atomic E-state index is 0.104. The molecule has 2 heterocycles. The number of nitrogens with zero attached hydrogens (tertiary/aromatic N) is 3. The summed E-state index contributed by atoms with van der Waals surface area (Å²) in [5, 5.41) is 5.42. The maximum atomic E-state index is 12.4. The molecule has 5 nitrogen and oxygen atoms in total. The predicted octanol–water partition coefficient (Wildman–Crippen LogP) is 4.62. The second kappa shape index (κ2) is 6.95. The Bertz CT molecular complexity index is 986. The standard InChI is InChI=1S/C18H16F2N4OS/c1-10(11-4-2-5-12(8-11)25-18(19)20)23-24-16-15-13-6-3-7-14(13)26-17(15)22-9-21-16/h2,4-5,8-9,18H,3,6-7H2,1H3,(H,21,22,24)/b23-10-. The zero-order chi connectivity index (χ0) is 18.1. The Balaban J connectivity index is 1.61. The number of benzene rings is 1. The van der Waals surface area contributed by atoms with Crippen LogP contribution in [0.1, 0.15) is 29.3 Å². The van der Waals surface area contributed by atoms with Crippen molar-refractivity contribution in [3.8, 4) is 5.75 Å². The van der Waals surface area contributed by atoms with Crippen molar-refractivity contribution in [1.29, 1.82) is 0 Å². The lowest BCUT2D eigenvalue weighted by Gasteiger charge is -2.08. The molecule has 3 aromatic rings. The van der Waals surface area contributed by atoms with E-state index in [2.05, 4.69) is 25.2 Å². The highest BCUT2D eigenvalue weighted by molar-refractivity contribution is 7.19. The first kappa shape index (κ1) is 16.8. The topological polar surface area (TPSA) is 59.4 Å². The Morgan fingerprint density at radius 1 is 1.31 bits per heavy atom. The summed E-state index contributed by atoms with van der Waals surface area (Å²) >= 11 is 1.71. The maximum Gasteiger partial charge on any atom is 0.387 e. The molecule has 0 spiro atoms. The molecule has 0 amide bonds. The molecule has 1 aliphatic carbocycles. The van der Waals surface area contributed by atoms with Crippen molar-refractivity contribution in [2.75, 3.05) is 5.43 Å². The SMILES string of the molecule is C/C(=N/Nc1ncnc2sc3c(c12)CCC3)c1cccc(OC(F)F)c1. The highest BCUT2D eigenvalue weighted by Gasteiger charge is 2.21. The van der Waals surface area contributed by atoms with Crippen LogP contribution in [-0.4, -0.2) is 22.3 Å². The molecule has 26 heavy (non-hydrogen) atoms. The van der Waals surface area contributed by atoms with E-state index in [9.17, 15) is 8.78 Å². The number of hydrogen-bond donors (Lipinski definition) is 1. The van der Waals surface area contributed by atoms with Gasteiger partial charge in [-0.05, 0) is 43.9 Å². The lowest BCUT2D eigenvalue weighted by molar-refractivity contribution is -0.0498. The van der Waals surface area contributed by atoms with Crippen molar-refractivity contribution < 1.29 is 13.5 Å². The van der Waals surface area contributed by atoms with E-state index >= 15 is 0 Å². The van der Waals surface area contributed by atoms with Gasteiger partial charge in [-0.25, -0.2) is 9.97 Å². The zero-order valence-corrected chi connectivity index (χ0v) is 14.8. The number of hydrogen-bond acceptors (Lipinski definition) is 6. The molecule has 0 saturated heterocycles. The van der Waals surface area contributed by atoms with Crippen LogP contribution < -0.4 is 10.2 Å². The number of hydrazone groups is 1. The van der Waals surface area contributed by atoms with E-state index in [0.717, 1.165) is 29.5 Å². The molecule has 1 aliphatic rings. The normalized spacial score (nSPS) is 14.1. The first-order valence-electron chi connectivity index (χ1n) is 8.22. The van der Waals surface area contributed by atoms with Gasteiger partial charge in [0.2, 0.25) is 0 Å². The van der Waals surface area contributed by atoms with Crippen LogP contribution in [0.15, 0.2) is 35.7 Å². The third kappa shape index (κ3) is 3.24. The molecule has 0 unspecified atom stereocenters. The maximum absolute atomic E-state index is 12.4. The van der Waals surface area contributed by atoms with Crippen LogP contribution in [0.25, 0.3) is 10.2 Å². The number of alkyl halides is 2. The second-order valence-corrected chi connectivity index (χ2v) is 7.06. The molecule has 1 aromatic carbocycles. The third-order valence-electron chi connectivity index (χ3n) is 4.31. The monoisotopic (exact) mass is 374 g/mol. The highest BCUT2D eigenvalue weighted by Crippen LogP contribution is 2.39. The summed E-state index contributed by atoms with van der Waals surface area (Å²) in [6.45, 7) is -1.05. The van der Waals surface area contributed by atoms with Crippen LogP contribution in [0.4, 0.5) is 14.6 Å². The number of ether oxygens (including phenoxy) is 1. The van der Waals surface area contributed by atoms with Crippen LogP contribution in [0.2, 0.25) is 0 Å². The average molecular weight is 374 g/mol. The summed E-state index contributed by atoms with van der Waals surface area (Å²) in [4.78, 5) is 11.0. The average Bonchev–Trinajstić information content (AvgIpc) is 3.20. The van der Waals surface area contributed by atoms with Gasteiger partial charge >= 0.3 is 6.61 Å². The van der Waals surface area contributed by atoms with Gasteiger partial charge in [-0.2, -0.15) is 13.9 Å². The fourth-order valence-electron chi connectivity index (χ4n) is 3.11. The van der Waals surface area contributed by atoms with Gasteiger partial charge in [0.15, 0.2) is 5.82 Å². The molecule has 0 aliphatic heterocycles. The van der Waals surface area contributed by atoms with Gasteiger partial charge in [0.1, 0.15) is 16.9 Å². The van der Waals surface area contributed by atoms with E-state index in [4.69, 9.17) is 0 Å². The molecule has 134 valence electrons. The quantitative estimate of drug-likeness (QED) is 0.523. The Morgan fingerprint density at radius 2 is 2.19 bits per heavy atom. The smallest absolute Gasteiger partial charge is 0.387 e. The Kier molecular flexibility index (Phi) is 4.50. The summed E-state index contributed by atoms with van der Waals surface area (Å²) < 4.78 is 29.2. The minimum atomic E-state index is -2.85. The van der Waals surface area contributed by atoms with E-state index in [-0.39, 0.29) is 5.75 Å². The number of rotatable bonds is 5. The predicted molar refractivity (Wildman–Crippen MR) is 98.3 cm³/mol. The number of aryl methyl sites for hydroxylation is 2. The fourth-order valence-corrected chi connectivity index (χ4v) is 4.34. The Morgan fingerprint density at radius 3 is 3.04 bits per heavy atom. The zero-order valence-electron chi connectivity index (χ0n) is 14.0. The third-order valence-corrected chi connectivity index (χ3v) is 5.51. The van der Waals surface area contributed by atoms with E-state index in [1.165, 1.54) is 28.9 Å². The van der Waals surface area contributed by atoms with Crippen molar-refractivity contribution in [2.24, 2.45) is 5.10 Å². The highest BCUT2D eigenvalue weighted by atomic mass is 32.1. The van der Waals surface area contributed by atoms with Crippen molar-refractivity contribution in [3.05, 3.63) is 46.6 Å². The molecule has 8 heteroatoms. The molecular formula is C18H16F2N4OS. The van der Waals surface area contributed by atoms with Gasteiger partial charge in [-0.15, -0.1) is 11.3 Å². The van der Waals surface area contributed by atoms with Crippen molar-refractivity contribution in [1.82, 2.24) is 9.97 Å². The summed E-state index contributed by atoms with van der Waals surface area (Å²) in [6.07, 6.45) is 4.81. The van der Waals surface area contributed by atoms with Crippen LogP contribution in [0, 0.1) is 0 Å². The number of nitrogens with one attached hydrogen (secondary N) is 1. The number of anilines is 1. The van der Waals surface area contributed by atoms with Crippen molar-refractivity contribution in [3.63, 3.8) is 0 Å². The lowest BCUT2D eigenvalue weighted by atomic mass is 10.1. The molecule has 1 N–H and O–H groups in total. The minimum Gasteiger partial charge on any atom is -0.435 e. The van der Waals surface area contributed by atoms with Crippen LogP contribution in [0.5, 0.6) is 5.75 Å². The molecule has 0 bridgehead atoms. The van der Waals surface area contributed by atoms with Crippen LogP contribution in [0.3, 0.4) is 0 Å². The van der Waals surface area contributed by atoms with Gasteiger partial charge in [0.05, 0.1) is 11.1 Å². The van der Waals surface area contributed by atoms with Crippen molar-refractivity contribution >= 4 is 33.1 Å². The van der Waals surface area contributed by atoms with Crippen molar-refractivity contribution in [2.45, 2.75) is 32.8 Å². The molecule has 0 atom stereocenters. The summed E-state index contributed by atoms with van der Waals surface area (Å²) in [7, 11) is 0. The second-order valence-electron chi connectivity index (χ2n) is 5.98. The molecule has 2 aromatic heterocycles. The van der Waals surface area contributed by atoms with Gasteiger partial charge in [-0.1, -0.05) is 12.1 Å². The Labute approximate surface area is 152 Å². The number of halogens is 2. The molecule has 4 rings (SSSR count). The van der Waals surface area contributed by atoms with Crippen LogP contribution >= 0.6 is 11.3 Å². The number of fused-ring (bicyclic) bond motifs is 3. The first-order chi connectivity index (χ1) is 12.6. The Hall–Kier alpha value is -2.61. The summed E-state index contributed by atoms with van der Waals surface area (Å²) in [5.41, 5.74) is 5.66. The van der Waals surface area contributed by atoms with E-state index in [0.29, 0.717) is 17.1 Å². The van der Waals surface area contributed by atoms with Gasteiger partial charge < -0.3 is 4.74 Å². The number of aromatic nitrogens is 2. The van der Waals surface area contributed by atoms with E-state index in [1.54, 1.807) is 30.4 Å². The van der Waals surface area contributed by atoms with E-state index < -0.39 is 6.61 Å². The largest absolute Gasteiger partial charge is 0.435 e. The molecule has 0 saturated carbocycles. The summed E-state index contributed by atoms with van der Waals surface area (Å²) in [6, 6.07) is 6.46. The molecule has 0 fully saturated rings. The van der Waals surface area contributed by atoms with Gasteiger partial charge in [0.25, 0.3) is 0 Å². The fraction of sp³-hybridized carbons (Fsp3) is 0.278. The summed E-state index contributed by atoms with van der Waals surface area (Å²) in [5.74, 6) is 0.779. The molecule has 0 radical (unpaired) electrons. The van der Waals surface area contributed by atoms with Crippen LogP contribution in [-0.2, 0) is 12.8 Å². The van der Waals surface area contributed by atoms with Gasteiger partial charge in [0, 0.05) is 10.4 Å². The van der Waals surface area contributed by atoms with E-state index in [1.807, 2.05) is 0 Å². The lowest BCUT2D eigenvalue weighted by Crippen LogP contribution is -2.04.